The van der Waals surface area contributed by atoms with Crippen molar-refractivity contribution in [2.24, 2.45) is 0 Å². The Bertz CT molecular complexity index is 494. The highest BCUT2D eigenvalue weighted by molar-refractivity contribution is 5.73. The third-order valence-corrected chi connectivity index (χ3v) is 2.32. The zero-order chi connectivity index (χ0) is 14.3. The molecule has 0 fully saturated rings. The van der Waals surface area contributed by atoms with Crippen molar-refractivity contribution in [1.29, 1.82) is 0 Å². The molecule has 0 saturated carbocycles. The molecule has 1 rings (SSSR count). The van der Waals surface area contributed by atoms with E-state index in [-0.39, 0.29) is 24.4 Å². The molecular formula is C14H15FO4. The summed E-state index contributed by atoms with van der Waals surface area (Å²) in [5.74, 6) is -1.99. The molecule has 5 heteroatoms. The summed E-state index contributed by atoms with van der Waals surface area (Å²) in [4.78, 5) is 21.5. The van der Waals surface area contributed by atoms with Crippen LogP contribution in [-0.4, -0.2) is 23.7 Å². The van der Waals surface area contributed by atoms with E-state index in [1.807, 2.05) is 0 Å². The maximum Gasteiger partial charge on any atom is 0.309 e. The van der Waals surface area contributed by atoms with E-state index in [0.717, 1.165) is 0 Å². The molecule has 1 N–H and O–H groups in total. The molecule has 102 valence electrons. The minimum Gasteiger partial charge on any atom is -0.481 e. The number of esters is 1. The van der Waals surface area contributed by atoms with Crippen LogP contribution in [0.15, 0.2) is 24.3 Å². The molecule has 19 heavy (non-hydrogen) atoms. The van der Waals surface area contributed by atoms with E-state index in [1.165, 1.54) is 12.1 Å². The first kappa shape index (κ1) is 14.9. The first-order valence-corrected chi connectivity index (χ1v) is 5.85. The van der Waals surface area contributed by atoms with Crippen molar-refractivity contribution in [3.05, 3.63) is 41.2 Å². The van der Waals surface area contributed by atoms with Crippen molar-refractivity contribution in [2.45, 2.75) is 19.8 Å². The molecule has 0 atom stereocenters. The summed E-state index contributed by atoms with van der Waals surface area (Å²) in [6.45, 7) is 2.04. The van der Waals surface area contributed by atoms with Gasteiger partial charge in [0.1, 0.15) is 5.82 Å². The molecule has 0 aliphatic heterocycles. The summed E-state index contributed by atoms with van der Waals surface area (Å²) >= 11 is 0. The van der Waals surface area contributed by atoms with Crippen molar-refractivity contribution in [2.75, 3.05) is 6.61 Å². The summed E-state index contributed by atoms with van der Waals surface area (Å²) in [6, 6.07) is 4.26. The van der Waals surface area contributed by atoms with E-state index >= 15 is 0 Å². The second-order valence-corrected chi connectivity index (χ2v) is 3.83. The summed E-state index contributed by atoms with van der Waals surface area (Å²) in [7, 11) is 0. The quantitative estimate of drug-likeness (QED) is 0.803. The van der Waals surface area contributed by atoms with Gasteiger partial charge in [-0.1, -0.05) is 24.3 Å². The van der Waals surface area contributed by atoms with Gasteiger partial charge in [0.25, 0.3) is 0 Å². The summed E-state index contributed by atoms with van der Waals surface area (Å²) in [6.07, 6.45) is 2.93. The van der Waals surface area contributed by atoms with Gasteiger partial charge in [0.15, 0.2) is 0 Å². The lowest BCUT2D eigenvalue weighted by Gasteiger charge is -2.01. The Morgan fingerprint density at radius 2 is 2.16 bits per heavy atom. The summed E-state index contributed by atoms with van der Waals surface area (Å²) < 4.78 is 18.3. The summed E-state index contributed by atoms with van der Waals surface area (Å²) in [5, 5.41) is 8.58. The highest BCUT2D eigenvalue weighted by atomic mass is 19.1. The van der Waals surface area contributed by atoms with E-state index in [9.17, 15) is 14.0 Å². The van der Waals surface area contributed by atoms with Gasteiger partial charge >= 0.3 is 11.9 Å². The van der Waals surface area contributed by atoms with E-state index in [0.29, 0.717) is 12.2 Å². The molecule has 0 spiro atoms. The average Bonchev–Trinajstić information content (AvgIpc) is 2.32. The molecule has 0 aliphatic carbocycles. The number of halogens is 1. The normalized spacial score (nSPS) is 10.6. The van der Waals surface area contributed by atoms with Gasteiger partial charge < -0.3 is 9.84 Å². The van der Waals surface area contributed by atoms with Crippen LogP contribution in [0.2, 0.25) is 0 Å². The van der Waals surface area contributed by atoms with Crippen molar-refractivity contribution in [1.82, 2.24) is 0 Å². The molecule has 4 nitrogen and oxygen atoms in total. The van der Waals surface area contributed by atoms with Crippen LogP contribution in [0.4, 0.5) is 4.39 Å². The topological polar surface area (TPSA) is 63.6 Å². The van der Waals surface area contributed by atoms with Crippen LogP contribution >= 0.6 is 0 Å². The molecule has 0 aromatic heterocycles. The fourth-order valence-corrected chi connectivity index (χ4v) is 1.48. The van der Waals surface area contributed by atoms with Gasteiger partial charge in [0.05, 0.1) is 19.4 Å². The Balaban J connectivity index is 2.65. The number of carbonyl (C=O) groups excluding carboxylic acids is 1. The predicted molar refractivity (Wildman–Crippen MR) is 68.0 cm³/mol. The molecule has 0 radical (unpaired) electrons. The average molecular weight is 266 g/mol. The Morgan fingerprint density at radius 3 is 2.74 bits per heavy atom. The zero-order valence-corrected chi connectivity index (χ0v) is 10.6. The van der Waals surface area contributed by atoms with E-state index in [2.05, 4.69) is 0 Å². The Labute approximate surface area is 110 Å². The number of carbonyl (C=O) groups is 2. The van der Waals surface area contributed by atoms with Crippen molar-refractivity contribution in [3.8, 4) is 0 Å². The van der Waals surface area contributed by atoms with Crippen molar-refractivity contribution >= 4 is 18.0 Å². The molecule has 0 unspecified atom stereocenters. The number of hydrogen-bond donors (Lipinski definition) is 1. The van der Waals surface area contributed by atoms with Crippen LogP contribution in [0.5, 0.6) is 0 Å². The van der Waals surface area contributed by atoms with Gasteiger partial charge in [-0.25, -0.2) is 4.39 Å². The molecule has 0 amide bonds. The van der Waals surface area contributed by atoms with Crippen LogP contribution in [0.1, 0.15) is 24.5 Å². The fraction of sp³-hybridized carbons (Fsp3) is 0.286. The lowest BCUT2D eigenvalue weighted by Crippen LogP contribution is -2.02. The van der Waals surface area contributed by atoms with Crippen molar-refractivity contribution < 1.29 is 23.8 Å². The number of rotatable bonds is 6. The monoisotopic (exact) mass is 266 g/mol. The molecule has 1 aromatic carbocycles. The van der Waals surface area contributed by atoms with Crippen molar-refractivity contribution in [3.63, 3.8) is 0 Å². The minimum atomic E-state index is -1.08. The standard InChI is InChI=1S/C14H15FO4/c1-2-19-14(18)5-3-4-10-6-7-11(9-13(16)17)12(15)8-10/h3-4,6-8H,2,5,9H2,1H3,(H,16,17). The summed E-state index contributed by atoms with van der Waals surface area (Å²) in [5.41, 5.74) is 0.700. The molecule has 0 aliphatic rings. The van der Waals surface area contributed by atoms with Gasteiger partial charge in [-0.3, -0.25) is 9.59 Å². The third kappa shape index (κ3) is 5.33. The lowest BCUT2D eigenvalue weighted by molar-refractivity contribution is -0.142. The number of benzene rings is 1. The van der Waals surface area contributed by atoms with E-state index < -0.39 is 11.8 Å². The fourth-order valence-electron chi connectivity index (χ4n) is 1.48. The SMILES string of the molecule is CCOC(=O)CC=Cc1ccc(CC(=O)O)c(F)c1. The Kier molecular flexibility index (Phi) is 5.73. The van der Waals surface area contributed by atoms with E-state index in [1.54, 1.807) is 25.1 Å². The van der Waals surface area contributed by atoms with Gasteiger partial charge in [0.2, 0.25) is 0 Å². The largest absolute Gasteiger partial charge is 0.481 e. The molecule has 0 heterocycles. The highest BCUT2D eigenvalue weighted by Crippen LogP contribution is 2.13. The first-order valence-electron chi connectivity index (χ1n) is 5.85. The number of hydrogen-bond acceptors (Lipinski definition) is 3. The second-order valence-electron chi connectivity index (χ2n) is 3.83. The Morgan fingerprint density at radius 1 is 1.42 bits per heavy atom. The maximum atomic E-state index is 13.5. The van der Waals surface area contributed by atoms with Gasteiger partial charge in [-0.2, -0.15) is 0 Å². The Hall–Kier alpha value is -2.17. The van der Waals surface area contributed by atoms with Crippen LogP contribution in [-0.2, 0) is 20.7 Å². The van der Waals surface area contributed by atoms with E-state index in [4.69, 9.17) is 9.84 Å². The first-order chi connectivity index (χ1) is 9.02. The van der Waals surface area contributed by atoms with Crippen LogP contribution in [0.25, 0.3) is 6.08 Å². The maximum absolute atomic E-state index is 13.5. The van der Waals surface area contributed by atoms with Crippen LogP contribution in [0, 0.1) is 5.82 Å². The highest BCUT2D eigenvalue weighted by Gasteiger charge is 2.06. The molecule has 0 bridgehead atoms. The van der Waals surface area contributed by atoms with Gasteiger partial charge in [0, 0.05) is 0 Å². The number of ether oxygens (including phenoxy) is 1. The second kappa shape index (κ2) is 7.31. The number of aliphatic carboxylic acids is 1. The minimum absolute atomic E-state index is 0.117. The van der Waals surface area contributed by atoms with Crippen LogP contribution < -0.4 is 0 Å². The molecule has 1 aromatic rings. The number of carboxylic acid groups (broad SMARTS) is 1. The predicted octanol–water partition coefficient (Wildman–Crippen LogP) is 2.42. The number of carboxylic acids is 1. The molecular weight excluding hydrogens is 251 g/mol. The lowest BCUT2D eigenvalue weighted by atomic mass is 10.1. The molecule has 0 saturated heterocycles. The third-order valence-electron chi connectivity index (χ3n) is 2.32. The zero-order valence-electron chi connectivity index (χ0n) is 10.6. The van der Waals surface area contributed by atoms with Crippen LogP contribution in [0.3, 0.4) is 0 Å². The smallest absolute Gasteiger partial charge is 0.309 e. The van der Waals surface area contributed by atoms with Gasteiger partial charge in [-0.05, 0) is 24.1 Å². The van der Waals surface area contributed by atoms with Gasteiger partial charge in [-0.15, -0.1) is 0 Å².